The molecule has 76 valence electrons. The van der Waals surface area contributed by atoms with Crippen LogP contribution in [0, 0.1) is 0 Å². The van der Waals surface area contributed by atoms with Gasteiger partial charge in [-0.1, -0.05) is 0 Å². The first-order chi connectivity index (χ1) is 6.77. The van der Waals surface area contributed by atoms with E-state index in [1.54, 1.807) is 0 Å². The van der Waals surface area contributed by atoms with E-state index < -0.39 is 0 Å². The second kappa shape index (κ2) is 4.33. The number of hydrogen-bond acceptors (Lipinski definition) is 4. The number of carbonyl (C=O) groups excluding carboxylic acids is 1. The molecule has 0 saturated carbocycles. The third-order valence-corrected chi connectivity index (χ3v) is 3.45. The number of morpholine rings is 1. The summed E-state index contributed by atoms with van der Waals surface area (Å²) in [5, 5.41) is 1.87. The third kappa shape index (κ3) is 2.10. The van der Waals surface area contributed by atoms with Gasteiger partial charge in [0.25, 0.3) is 5.91 Å². The van der Waals surface area contributed by atoms with Crippen LogP contribution in [0.1, 0.15) is 9.67 Å². The summed E-state index contributed by atoms with van der Waals surface area (Å²) in [5.74, 6) is 0.0959. The van der Waals surface area contributed by atoms with Gasteiger partial charge in [0.1, 0.15) is 0 Å². The van der Waals surface area contributed by atoms with Crippen molar-refractivity contribution in [3.63, 3.8) is 0 Å². The Morgan fingerprint density at radius 1 is 1.50 bits per heavy atom. The van der Waals surface area contributed by atoms with Gasteiger partial charge in [-0.15, -0.1) is 24.0 Å². The summed E-state index contributed by atoms with van der Waals surface area (Å²) in [5.41, 5.74) is 0. The van der Waals surface area contributed by atoms with Crippen LogP contribution in [-0.2, 0) is 4.74 Å². The first kappa shape index (κ1) is 10.0. The minimum Gasteiger partial charge on any atom is -0.378 e. The highest BCUT2D eigenvalue weighted by Crippen LogP contribution is 2.19. The number of rotatable bonds is 1. The van der Waals surface area contributed by atoms with Crippen LogP contribution in [-0.4, -0.2) is 37.1 Å². The van der Waals surface area contributed by atoms with E-state index in [0.29, 0.717) is 26.3 Å². The molecule has 0 aromatic carbocycles. The van der Waals surface area contributed by atoms with Gasteiger partial charge in [0.05, 0.1) is 18.1 Å². The predicted molar refractivity (Wildman–Crippen MR) is 58.3 cm³/mol. The number of ether oxygens (including phenoxy) is 1. The Morgan fingerprint density at radius 2 is 2.21 bits per heavy atom. The van der Waals surface area contributed by atoms with Crippen molar-refractivity contribution in [1.29, 1.82) is 0 Å². The van der Waals surface area contributed by atoms with Crippen LogP contribution in [0.2, 0.25) is 0 Å². The highest BCUT2D eigenvalue weighted by Gasteiger charge is 2.19. The largest absolute Gasteiger partial charge is 0.378 e. The monoisotopic (exact) mass is 229 g/mol. The Bertz CT molecular complexity index is 331. The van der Waals surface area contributed by atoms with E-state index in [4.69, 9.17) is 4.74 Å². The first-order valence-electron chi connectivity index (χ1n) is 4.42. The zero-order chi connectivity index (χ0) is 9.97. The molecule has 0 spiro atoms. The van der Waals surface area contributed by atoms with Crippen molar-refractivity contribution in [2.45, 2.75) is 4.90 Å². The molecule has 3 nitrogen and oxygen atoms in total. The molecular weight excluding hydrogens is 218 g/mol. The maximum atomic E-state index is 11.9. The topological polar surface area (TPSA) is 29.5 Å². The molecule has 1 aliphatic heterocycles. The maximum Gasteiger partial charge on any atom is 0.264 e. The molecule has 14 heavy (non-hydrogen) atoms. The molecule has 2 rings (SSSR count). The molecule has 0 bridgehead atoms. The van der Waals surface area contributed by atoms with Crippen LogP contribution in [0.25, 0.3) is 0 Å². The van der Waals surface area contributed by atoms with Crippen molar-refractivity contribution in [2.75, 3.05) is 26.3 Å². The fourth-order valence-corrected chi connectivity index (χ4v) is 2.48. The Balaban J connectivity index is 2.07. The molecule has 0 radical (unpaired) electrons. The van der Waals surface area contributed by atoms with Crippen LogP contribution in [0.15, 0.2) is 16.3 Å². The fourth-order valence-electron chi connectivity index (χ4n) is 1.36. The van der Waals surface area contributed by atoms with Gasteiger partial charge in [0.2, 0.25) is 0 Å². The quantitative estimate of drug-likeness (QED) is 0.740. The van der Waals surface area contributed by atoms with Gasteiger partial charge in [-0.05, 0) is 6.07 Å². The van der Waals surface area contributed by atoms with E-state index in [-0.39, 0.29) is 5.91 Å². The Hall–Kier alpha value is -0.520. The predicted octanol–water partition coefficient (Wildman–Crippen LogP) is 1.51. The summed E-state index contributed by atoms with van der Waals surface area (Å²) in [7, 11) is 0. The van der Waals surface area contributed by atoms with Crippen molar-refractivity contribution < 1.29 is 9.53 Å². The molecule has 0 atom stereocenters. The molecule has 0 unspecified atom stereocenters. The Morgan fingerprint density at radius 3 is 2.79 bits per heavy atom. The van der Waals surface area contributed by atoms with Gasteiger partial charge < -0.3 is 9.64 Å². The third-order valence-electron chi connectivity index (χ3n) is 2.09. The van der Waals surface area contributed by atoms with Crippen LogP contribution in [0.3, 0.4) is 0 Å². The highest BCUT2D eigenvalue weighted by molar-refractivity contribution is 7.80. The van der Waals surface area contributed by atoms with E-state index >= 15 is 0 Å². The fraction of sp³-hybridized carbons (Fsp3) is 0.444. The average Bonchev–Trinajstić information content (AvgIpc) is 2.65. The van der Waals surface area contributed by atoms with E-state index in [0.717, 1.165) is 9.77 Å². The van der Waals surface area contributed by atoms with Crippen molar-refractivity contribution in [1.82, 2.24) is 4.90 Å². The summed E-state index contributed by atoms with van der Waals surface area (Å²) in [6.45, 7) is 2.67. The molecule has 1 saturated heterocycles. The van der Waals surface area contributed by atoms with Gasteiger partial charge in [0.15, 0.2) is 0 Å². The molecule has 0 N–H and O–H groups in total. The Kier molecular flexibility index (Phi) is 3.10. The molecule has 1 amide bonds. The van der Waals surface area contributed by atoms with Crippen LogP contribution in [0.5, 0.6) is 0 Å². The zero-order valence-corrected chi connectivity index (χ0v) is 9.31. The standard InChI is InChI=1S/C9H11NO2S2/c11-9(8-5-7(13)6-14-8)10-1-3-12-4-2-10/h5-6,13H,1-4H2. The van der Waals surface area contributed by atoms with Crippen molar-refractivity contribution in [3.05, 3.63) is 16.3 Å². The normalized spacial score (nSPS) is 17.1. The highest BCUT2D eigenvalue weighted by atomic mass is 32.1. The maximum absolute atomic E-state index is 11.9. The molecule has 0 aliphatic carbocycles. The smallest absolute Gasteiger partial charge is 0.264 e. The minimum absolute atomic E-state index is 0.0959. The zero-order valence-electron chi connectivity index (χ0n) is 7.60. The molecule has 1 fully saturated rings. The van der Waals surface area contributed by atoms with Crippen LogP contribution < -0.4 is 0 Å². The summed E-state index contributed by atoms with van der Waals surface area (Å²) < 4.78 is 5.19. The second-order valence-corrected chi connectivity index (χ2v) is 4.50. The van der Waals surface area contributed by atoms with Gasteiger partial charge in [0, 0.05) is 23.4 Å². The van der Waals surface area contributed by atoms with Gasteiger partial charge in [-0.2, -0.15) is 0 Å². The lowest BCUT2D eigenvalue weighted by Crippen LogP contribution is -2.40. The van der Waals surface area contributed by atoms with E-state index in [2.05, 4.69) is 12.6 Å². The lowest BCUT2D eigenvalue weighted by molar-refractivity contribution is 0.0306. The summed E-state index contributed by atoms with van der Waals surface area (Å²) in [4.78, 5) is 15.3. The summed E-state index contributed by atoms with van der Waals surface area (Å²) in [6.07, 6.45) is 0. The van der Waals surface area contributed by atoms with E-state index in [9.17, 15) is 4.79 Å². The Labute approximate surface area is 92.1 Å². The minimum atomic E-state index is 0.0959. The number of amides is 1. The lowest BCUT2D eigenvalue weighted by atomic mass is 10.3. The summed E-state index contributed by atoms with van der Waals surface area (Å²) >= 11 is 5.62. The number of hydrogen-bond donors (Lipinski definition) is 1. The van der Waals surface area contributed by atoms with Gasteiger partial charge in [-0.25, -0.2) is 0 Å². The van der Waals surface area contributed by atoms with Crippen molar-refractivity contribution >= 4 is 29.9 Å². The molecule has 2 heterocycles. The van der Waals surface area contributed by atoms with Crippen molar-refractivity contribution in [2.24, 2.45) is 0 Å². The lowest BCUT2D eigenvalue weighted by Gasteiger charge is -2.26. The van der Waals surface area contributed by atoms with Crippen LogP contribution >= 0.6 is 24.0 Å². The first-order valence-corrected chi connectivity index (χ1v) is 5.74. The molecular formula is C9H11NO2S2. The average molecular weight is 229 g/mol. The molecule has 1 aromatic rings. The number of nitrogens with zero attached hydrogens (tertiary/aromatic N) is 1. The second-order valence-electron chi connectivity index (χ2n) is 3.07. The van der Waals surface area contributed by atoms with E-state index in [1.165, 1.54) is 11.3 Å². The number of thiol groups is 1. The number of thiophene rings is 1. The van der Waals surface area contributed by atoms with Gasteiger partial charge >= 0.3 is 0 Å². The molecule has 1 aromatic heterocycles. The van der Waals surface area contributed by atoms with Crippen LogP contribution in [0.4, 0.5) is 0 Å². The van der Waals surface area contributed by atoms with Gasteiger partial charge in [-0.3, -0.25) is 4.79 Å². The molecule has 5 heteroatoms. The summed E-state index contributed by atoms with van der Waals surface area (Å²) in [6, 6.07) is 1.81. The molecule has 1 aliphatic rings. The SMILES string of the molecule is O=C(c1cc(S)cs1)N1CCOCC1. The van der Waals surface area contributed by atoms with Crippen molar-refractivity contribution in [3.8, 4) is 0 Å². The van der Waals surface area contributed by atoms with E-state index in [1.807, 2.05) is 16.3 Å². The number of carbonyl (C=O) groups is 1.